The third-order valence-corrected chi connectivity index (χ3v) is 3.90. The standard InChI is InChI=1S/C14H17ClN2S/c1-17(9-11-6-8-18-10-11)14-12(5-7-16)3-2-4-13(14)15/h2-4,6,8,10H,5,7,9,16H2,1H3. The second-order valence-corrected chi connectivity index (χ2v) is 5.46. The summed E-state index contributed by atoms with van der Waals surface area (Å²) in [6, 6.07) is 8.15. The predicted molar refractivity (Wildman–Crippen MR) is 80.6 cm³/mol. The Morgan fingerprint density at radius 1 is 1.33 bits per heavy atom. The second kappa shape index (κ2) is 6.23. The van der Waals surface area contributed by atoms with E-state index < -0.39 is 0 Å². The predicted octanol–water partition coefficient (Wildman–Crippen LogP) is 3.54. The van der Waals surface area contributed by atoms with E-state index in [-0.39, 0.29) is 0 Å². The van der Waals surface area contributed by atoms with Crippen LogP contribution in [0.1, 0.15) is 11.1 Å². The number of nitrogens with zero attached hydrogens (tertiary/aromatic N) is 1. The van der Waals surface area contributed by atoms with Crippen LogP contribution < -0.4 is 10.6 Å². The number of hydrogen-bond donors (Lipinski definition) is 1. The van der Waals surface area contributed by atoms with Crippen LogP contribution in [0.5, 0.6) is 0 Å². The molecule has 0 amide bonds. The van der Waals surface area contributed by atoms with Gasteiger partial charge in [0.15, 0.2) is 0 Å². The molecule has 2 nitrogen and oxygen atoms in total. The van der Waals surface area contributed by atoms with Crippen LogP contribution in [0.25, 0.3) is 0 Å². The Hall–Kier alpha value is -1.03. The number of hydrogen-bond acceptors (Lipinski definition) is 3. The molecule has 0 aliphatic carbocycles. The van der Waals surface area contributed by atoms with Gasteiger partial charge in [-0.15, -0.1) is 0 Å². The van der Waals surface area contributed by atoms with Crippen LogP contribution in [0, 0.1) is 0 Å². The summed E-state index contributed by atoms with van der Waals surface area (Å²) in [6.07, 6.45) is 0.851. The molecule has 0 aliphatic rings. The van der Waals surface area contributed by atoms with Gasteiger partial charge in [-0.3, -0.25) is 0 Å². The van der Waals surface area contributed by atoms with Crippen molar-refractivity contribution in [2.75, 3.05) is 18.5 Å². The molecule has 0 fully saturated rings. The van der Waals surface area contributed by atoms with Gasteiger partial charge in [-0.25, -0.2) is 0 Å². The molecule has 0 atom stereocenters. The van der Waals surface area contributed by atoms with Gasteiger partial charge in [0.2, 0.25) is 0 Å². The van der Waals surface area contributed by atoms with E-state index in [1.165, 1.54) is 11.1 Å². The van der Waals surface area contributed by atoms with Gasteiger partial charge in [-0.1, -0.05) is 23.7 Å². The molecule has 1 aromatic carbocycles. The van der Waals surface area contributed by atoms with Crippen molar-refractivity contribution < 1.29 is 0 Å². The molecule has 0 bridgehead atoms. The largest absolute Gasteiger partial charge is 0.369 e. The number of thiophene rings is 1. The molecular weight excluding hydrogens is 264 g/mol. The average molecular weight is 281 g/mol. The second-order valence-electron chi connectivity index (χ2n) is 4.27. The summed E-state index contributed by atoms with van der Waals surface area (Å²) < 4.78 is 0. The van der Waals surface area contributed by atoms with Gasteiger partial charge < -0.3 is 10.6 Å². The van der Waals surface area contributed by atoms with Gasteiger partial charge in [0.05, 0.1) is 10.7 Å². The molecule has 0 aliphatic heterocycles. The smallest absolute Gasteiger partial charge is 0.0642 e. The molecule has 2 aromatic rings. The van der Waals surface area contributed by atoms with Crippen molar-refractivity contribution in [3.05, 3.63) is 51.2 Å². The lowest BCUT2D eigenvalue weighted by Gasteiger charge is -2.23. The number of rotatable bonds is 5. The van der Waals surface area contributed by atoms with Gasteiger partial charge in [-0.05, 0) is 47.0 Å². The van der Waals surface area contributed by atoms with Crippen molar-refractivity contribution in [1.29, 1.82) is 0 Å². The Balaban J connectivity index is 2.25. The molecule has 18 heavy (non-hydrogen) atoms. The lowest BCUT2D eigenvalue weighted by molar-refractivity contribution is 0.895. The number of para-hydroxylation sites is 1. The third-order valence-electron chi connectivity index (χ3n) is 2.87. The minimum Gasteiger partial charge on any atom is -0.369 e. The molecule has 2 N–H and O–H groups in total. The van der Waals surface area contributed by atoms with Crippen LogP contribution in [0.4, 0.5) is 5.69 Å². The van der Waals surface area contributed by atoms with E-state index >= 15 is 0 Å². The van der Waals surface area contributed by atoms with Gasteiger partial charge in [0.1, 0.15) is 0 Å². The summed E-state index contributed by atoms with van der Waals surface area (Å²) in [7, 11) is 2.07. The quantitative estimate of drug-likeness (QED) is 0.908. The SMILES string of the molecule is CN(Cc1ccsc1)c1c(Cl)cccc1CCN. The highest BCUT2D eigenvalue weighted by molar-refractivity contribution is 7.07. The molecule has 2 rings (SSSR count). The van der Waals surface area contributed by atoms with E-state index in [0.717, 1.165) is 23.7 Å². The Morgan fingerprint density at radius 2 is 2.17 bits per heavy atom. The summed E-state index contributed by atoms with van der Waals surface area (Å²) >= 11 is 8.04. The van der Waals surface area contributed by atoms with E-state index in [2.05, 4.69) is 34.8 Å². The fourth-order valence-corrected chi connectivity index (χ4v) is 3.08. The topological polar surface area (TPSA) is 29.3 Å². The van der Waals surface area contributed by atoms with Crippen LogP contribution in [0.3, 0.4) is 0 Å². The lowest BCUT2D eigenvalue weighted by atomic mass is 10.1. The monoisotopic (exact) mass is 280 g/mol. The Labute approximate surface area is 117 Å². The van der Waals surface area contributed by atoms with E-state index in [1.54, 1.807) is 11.3 Å². The molecule has 0 spiro atoms. The van der Waals surface area contributed by atoms with Crippen molar-refractivity contribution in [3.63, 3.8) is 0 Å². The van der Waals surface area contributed by atoms with E-state index in [1.807, 2.05) is 12.1 Å². The molecule has 96 valence electrons. The maximum atomic E-state index is 6.32. The summed E-state index contributed by atoms with van der Waals surface area (Å²) in [6.45, 7) is 1.50. The van der Waals surface area contributed by atoms with Crippen LogP contribution in [-0.2, 0) is 13.0 Å². The normalized spacial score (nSPS) is 10.6. The van der Waals surface area contributed by atoms with E-state index in [9.17, 15) is 0 Å². The Morgan fingerprint density at radius 3 is 2.83 bits per heavy atom. The van der Waals surface area contributed by atoms with Crippen molar-refractivity contribution in [3.8, 4) is 0 Å². The fraction of sp³-hybridized carbons (Fsp3) is 0.286. The zero-order valence-corrected chi connectivity index (χ0v) is 12.0. The van der Waals surface area contributed by atoms with Crippen LogP contribution in [-0.4, -0.2) is 13.6 Å². The number of anilines is 1. The van der Waals surface area contributed by atoms with Crippen molar-refractivity contribution >= 4 is 28.6 Å². The molecule has 0 unspecified atom stereocenters. The summed E-state index contributed by atoms with van der Waals surface area (Å²) in [4.78, 5) is 2.19. The number of benzene rings is 1. The molecule has 0 saturated carbocycles. The van der Waals surface area contributed by atoms with Crippen LogP contribution in [0.15, 0.2) is 35.0 Å². The molecule has 4 heteroatoms. The minimum absolute atomic E-state index is 0.639. The molecule has 0 saturated heterocycles. The lowest BCUT2D eigenvalue weighted by Crippen LogP contribution is -2.19. The summed E-state index contributed by atoms with van der Waals surface area (Å²) in [5, 5.41) is 5.05. The Kier molecular flexibility index (Phi) is 4.64. The van der Waals surface area contributed by atoms with Crippen LogP contribution >= 0.6 is 22.9 Å². The minimum atomic E-state index is 0.639. The molecule has 0 radical (unpaired) electrons. The average Bonchev–Trinajstić information content (AvgIpc) is 2.82. The van der Waals surface area contributed by atoms with E-state index in [0.29, 0.717) is 6.54 Å². The molecule has 1 heterocycles. The number of nitrogens with two attached hydrogens (primary N) is 1. The first-order chi connectivity index (χ1) is 8.72. The fourth-order valence-electron chi connectivity index (χ4n) is 2.08. The first-order valence-corrected chi connectivity index (χ1v) is 7.24. The highest BCUT2D eigenvalue weighted by Gasteiger charge is 2.11. The van der Waals surface area contributed by atoms with Crippen LogP contribution in [0.2, 0.25) is 5.02 Å². The van der Waals surface area contributed by atoms with Crippen molar-refractivity contribution in [1.82, 2.24) is 0 Å². The maximum absolute atomic E-state index is 6.32. The Bertz CT molecular complexity index is 497. The highest BCUT2D eigenvalue weighted by Crippen LogP contribution is 2.30. The van der Waals surface area contributed by atoms with Gasteiger partial charge in [-0.2, -0.15) is 11.3 Å². The third kappa shape index (κ3) is 3.05. The zero-order chi connectivity index (χ0) is 13.0. The summed E-state index contributed by atoms with van der Waals surface area (Å²) in [5.41, 5.74) is 9.27. The van der Waals surface area contributed by atoms with Gasteiger partial charge in [0.25, 0.3) is 0 Å². The summed E-state index contributed by atoms with van der Waals surface area (Å²) in [5.74, 6) is 0. The van der Waals surface area contributed by atoms with Crippen molar-refractivity contribution in [2.45, 2.75) is 13.0 Å². The van der Waals surface area contributed by atoms with Gasteiger partial charge >= 0.3 is 0 Å². The van der Waals surface area contributed by atoms with E-state index in [4.69, 9.17) is 17.3 Å². The number of halogens is 1. The van der Waals surface area contributed by atoms with Crippen molar-refractivity contribution in [2.24, 2.45) is 5.73 Å². The molecular formula is C14H17ClN2S. The zero-order valence-electron chi connectivity index (χ0n) is 10.4. The first kappa shape index (κ1) is 13.4. The highest BCUT2D eigenvalue weighted by atomic mass is 35.5. The van der Waals surface area contributed by atoms with Gasteiger partial charge in [0, 0.05) is 13.6 Å². The molecule has 1 aromatic heterocycles. The maximum Gasteiger partial charge on any atom is 0.0642 e. The first-order valence-electron chi connectivity index (χ1n) is 5.92.